The number of imidazole rings is 1. The van der Waals surface area contributed by atoms with Gasteiger partial charge in [-0.2, -0.15) is 4.98 Å². The first kappa shape index (κ1) is 16.9. The molecule has 0 bridgehead atoms. The zero-order chi connectivity index (χ0) is 19.9. The predicted octanol–water partition coefficient (Wildman–Crippen LogP) is 7.48. The van der Waals surface area contributed by atoms with Crippen LogP contribution >= 0.6 is 11.3 Å². The lowest BCUT2D eigenvalue weighted by Crippen LogP contribution is -1.87. The largest absolute Gasteiger partial charge is 0.463 e. The Morgan fingerprint density at radius 2 is 1.73 bits per heavy atom. The maximum absolute atomic E-state index is 6.10. The molecule has 6 nitrogen and oxygen atoms in total. The summed E-state index contributed by atoms with van der Waals surface area (Å²) in [6.45, 7) is 0. The third-order valence-electron chi connectivity index (χ3n) is 4.79. The van der Waals surface area contributed by atoms with Crippen LogP contribution in [0.25, 0.3) is 38.8 Å². The molecule has 0 atom stereocenters. The number of azo groups is 1. The lowest BCUT2D eigenvalue weighted by atomic mass is 10.2. The van der Waals surface area contributed by atoms with E-state index >= 15 is 0 Å². The summed E-state index contributed by atoms with van der Waals surface area (Å²) in [5, 5.41) is 11.9. The first-order chi connectivity index (χ1) is 14.9. The Morgan fingerprint density at radius 1 is 0.867 bits per heavy atom. The van der Waals surface area contributed by atoms with E-state index in [0.717, 1.165) is 38.8 Å². The topological polar surface area (TPSA) is 68.3 Å². The fraction of sp³-hybridized carbons (Fsp3) is 0. The summed E-state index contributed by atoms with van der Waals surface area (Å²) >= 11 is 1.52. The van der Waals surface area contributed by atoms with E-state index in [2.05, 4.69) is 10.2 Å². The van der Waals surface area contributed by atoms with Crippen LogP contribution in [0.5, 0.6) is 0 Å². The zero-order valence-electron chi connectivity index (χ0n) is 15.6. The van der Waals surface area contributed by atoms with Crippen LogP contribution in [0.3, 0.4) is 0 Å². The second-order valence-electron chi connectivity index (χ2n) is 6.68. The molecule has 0 saturated heterocycles. The van der Waals surface area contributed by atoms with Gasteiger partial charge in [0, 0.05) is 10.8 Å². The monoisotopic (exact) mass is 410 g/mol. The molecule has 0 aliphatic rings. The third kappa shape index (κ3) is 2.75. The van der Waals surface area contributed by atoms with Gasteiger partial charge in [-0.05, 0) is 36.4 Å². The molecular weight excluding hydrogens is 396 g/mol. The lowest BCUT2D eigenvalue weighted by Gasteiger charge is -2.00. The Labute approximate surface area is 174 Å². The lowest BCUT2D eigenvalue weighted by molar-refractivity contribution is 0.579. The maximum Gasteiger partial charge on any atom is 0.205 e. The molecule has 144 valence electrons. The molecule has 4 aromatic heterocycles. The third-order valence-corrected chi connectivity index (χ3v) is 5.62. The van der Waals surface area contributed by atoms with Crippen molar-refractivity contribution in [3.8, 4) is 22.9 Å². The van der Waals surface area contributed by atoms with Crippen molar-refractivity contribution in [3.63, 3.8) is 0 Å². The Hall–Kier alpha value is -3.97. The second-order valence-corrected chi connectivity index (χ2v) is 7.52. The molecule has 30 heavy (non-hydrogen) atoms. The van der Waals surface area contributed by atoms with E-state index < -0.39 is 0 Å². The number of rotatable bonds is 4. The SMILES string of the molecule is c1ccc(N=Nc2nc3scc(-c4cc5ccccc5o4)n3c2-c2ccco2)cc1. The number of thiazole rings is 1. The van der Waals surface area contributed by atoms with Crippen LogP contribution in [0.4, 0.5) is 11.5 Å². The van der Waals surface area contributed by atoms with Crippen LogP contribution < -0.4 is 0 Å². The van der Waals surface area contributed by atoms with Crippen molar-refractivity contribution >= 4 is 38.8 Å². The molecule has 7 heteroatoms. The molecule has 0 fully saturated rings. The first-order valence-electron chi connectivity index (χ1n) is 9.36. The maximum atomic E-state index is 6.10. The van der Waals surface area contributed by atoms with Gasteiger partial charge >= 0.3 is 0 Å². The number of hydrogen-bond acceptors (Lipinski definition) is 6. The molecular formula is C23H14N4O2S. The Balaban J connectivity index is 1.56. The van der Waals surface area contributed by atoms with Crippen molar-refractivity contribution in [2.75, 3.05) is 0 Å². The fourth-order valence-electron chi connectivity index (χ4n) is 3.43. The van der Waals surface area contributed by atoms with Crippen molar-refractivity contribution in [2.24, 2.45) is 10.2 Å². The average molecular weight is 410 g/mol. The summed E-state index contributed by atoms with van der Waals surface area (Å²) in [5.74, 6) is 1.93. The number of nitrogens with zero attached hydrogens (tertiary/aromatic N) is 4. The van der Waals surface area contributed by atoms with E-state index in [0.29, 0.717) is 11.6 Å². The van der Waals surface area contributed by atoms with Gasteiger partial charge in [0.05, 0.1) is 12.0 Å². The number of benzene rings is 2. The van der Waals surface area contributed by atoms with Gasteiger partial charge in [-0.25, -0.2) is 0 Å². The molecule has 0 N–H and O–H groups in total. The van der Waals surface area contributed by atoms with Crippen molar-refractivity contribution in [3.05, 3.63) is 84.4 Å². The molecule has 0 aliphatic carbocycles. The van der Waals surface area contributed by atoms with Crippen LogP contribution in [-0.2, 0) is 0 Å². The van der Waals surface area contributed by atoms with Crippen LogP contribution in [-0.4, -0.2) is 9.38 Å². The number of fused-ring (bicyclic) bond motifs is 2. The van der Waals surface area contributed by atoms with Crippen LogP contribution in [0.15, 0.2) is 104 Å². The highest BCUT2D eigenvalue weighted by atomic mass is 32.1. The minimum atomic E-state index is 0.498. The molecule has 6 aromatic rings. The van der Waals surface area contributed by atoms with E-state index in [1.165, 1.54) is 11.3 Å². The van der Waals surface area contributed by atoms with Gasteiger partial charge in [-0.15, -0.1) is 21.6 Å². The number of aromatic nitrogens is 2. The Bertz CT molecular complexity index is 1460. The summed E-state index contributed by atoms with van der Waals surface area (Å²) in [5.41, 5.74) is 3.24. The average Bonchev–Trinajstić information content (AvgIpc) is 3.55. The van der Waals surface area contributed by atoms with Gasteiger partial charge in [-0.1, -0.05) is 36.4 Å². The van der Waals surface area contributed by atoms with Gasteiger partial charge in [0.25, 0.3) is 0 Å². The summed E-state index contributed by atoms with van der Waals surface area (Å²) in [4.78, 5) is 5.49. The van der Waals surface area contributed by atoms with Gasteiger partial charge < -0.3 is 8.83 Å². The molecule has 0 aliphatic heterocycles. The van der Waals surface area contributed by atoms with Crippen molar-refractivity contribution in [2.45, 2.75) is 0 Å². The Morgan fingerprint density at radius 3 is 2.57 bits per heavy atom. The van der Waals surface area contributed by atoms with Crippen LogP contribution in [0, 0.1) is 0 Å². The van der Waals surface area contributed by atoms with Gasteiger partial charge in [-0.3, -0.25) is 4.40 Å². The second kappa shape index (κ2) is 6.82. The quantitative estimate of drug-likeness (QED) is 0.283. The molecule has 4 heterocycles. The van der Waals surface area contributed by atoms with Gasteiger partial charge in [0.15, 0.2) is 16.5 Å². The van der Waals surface area contributed by atoms with Crippen molar-refractivity contribution < 1.29 is 8.83 Å². The normalized spacial score (nSPS) is 11.9. The highest BCUT2D eigenvalue weighted by molar-refractivity contribution is 7.15. The highest BCUT2D eigenvalue weighted by Gasteiger charge is 2.22. The number of furan rings is 2. The highest BCUT2D eigenvalue weighted by Crippen LogP contribution is 2.39. The smallest absolute Gasteiger partial charge is 0.205 e. The van der Waals surface area contributed by atoms with Crippen molar-refractivity contribution in [1.29, 1.82) is 0 Å². The summed E-state index contributed by atoms with van der Waals surface area (Å²) in [6, 6.07) is 23.3. The summed E-state index contributed by atoms with van der Waals surface area (Å²) in [6.07, 6.45) is 1.64. The minimum absolute atomic E-state index is 0.498. The van der Waals surface area contributed by atoms with Gasteiger partial charge in [0.1, 0.15) is 17.0 Å². The molecule has 6 rings (SSSR count). The molecule has 0 spiro atoms. The molecule has 2 aromatic carbocycles. The minimum Gasteiger partial charge on any atom is -0.463 e. The predicted molar refractivity (Wildman–Crippen MR) is 117 cm³/mol. The zero-order valence-corrected chi connectivity index (χ0v) is 16.4. The molecule has 0 unspecified atom stereocenters. The molecule has 0 amide bonds. The van der Waals surface area contributed by atoms with E-state index in [9.17, 15) is 0 Å². The van der Waals surface area contributed by atoms with E-state index in [-0.39, 0.29) is 0 Å². The summed E-state index contributed by atoms with van der Waals surface area (Å²) in [7, 11) is 0. The first-order valence-corrected chi connectivity index (χ1v) is 10.2. The van der Waals surface area contributed by atoms with Gasteiger partial charge in [0.2, 0.25) is 5.82 Å². The fourth-order valence-corrected chi connectivity index (χ4v) is 4.31. The summed E-state index contributed by atoms with van der Waals surface area (Å²) < 4.78 is 13.8. The van der Waals surface area contributed by atoms with Crippen LogP contribution in [0.2, 0.25) is 0 Å². The molecule has 0 radical (unpaired) electrons. The number of hydrogen-bond donors (Lipinski definition) is 0. The van der Waals surface area contributed by atoms with Crippen LogP contribution in [0.1, 0.15) is 0 Å². The number of para-hydroxylation sites is 1. The van der Waals surface area contributed by atoms with E-state index in [1.807, 2.05) is 82.6 Å². The molecule has 0 saturated carbocycles. The van der Waals surface area contributed by atoms with E-state index in [4.69, 9.17) is 13.8 Å². The Kier molecular flexibility index (Phi) is 3.85. The van der Waals surface area contributed by atoms with Crippen molar-refractivity contribution in [1.82, 2.24) is 9.38 Å². The van der Waals surface area contributed by atoms with E-state index in [1.54, 1.807) is 6.26 Å². The standard InChI is InChI=1S/C23H14N4O2S/c1-2-8-16(9-3-1)25-26-22-21(19-11-6-12-28-19)27-17(14-30-23(27)24-22)20-13-15-7-4-5-10-18(15)29-20/h1-14H.